The molecule has 1 aromatic heterocycles. The molecule has 1 heterocycles. The van der Waals surface area contributed by atoms with Gasteiger partial charge in [-0.05, 0) is 31.4 Å². The Bertz CT molecular complexity index is 863. The van der Waals surface area contributed by atoms with Crippen molar-refractivity contribution >= 4 is 34.5 Å². The number of carbonyl (C=O) groups is 2. The van der Waals surface area contributed by atoms with E-state index in [2.05, 4.69) is 18.8 Å². The Labute approximate surface area is 155 Å². The highest BCUT2D eigenvalue weighted by Gasteiger charge is 2.17. The molecule has 140 valence electrons. The van der Waals surface area contributed by atoms with E-state index in [4.69, 9.17) is 10.5 Å². The molecule has 1 aromatic carbocycles. The van der Waals surface area contributed by atoms with Crippen molar-refractivity contribution in [2.45, 2.75) is 45.0 Å². The SMILES string of the molecule is CC(C)CCn1c(SCC(=O)O[C@@H](C)C(N)=O)nc2ccccc2c1=O. The molecule has 0 aliphatic heterocycles. The van der Waals surface area contributed by atoms with E-state index in [9.17, 15) is 14.4 Å². The molecular formula is C18H23N3O4S. The zero-order valence-corrected chi connectivity index (χ0v) is 15.9. The zero-order valence-electron chi connectivity index (χ0n) is 15.1. The number of nitrogens with zero attached hydrogens (tertiary/aromatic N) is 2. The first-order valence-corrected chi connectivity index (χ1v) is 9.39. The summed E-state index contributed by atoms with van der Waals surface area (Å²) in [4.78, 5) is 40.2. The Morgan fingerprint density at radius 2 is 1.96 bits per heavy atom. The highest BCUT2D eigenvalue weighted by atomic mass is 32.2. The Morgan fingerprint density at radius 1 is 1.27 bits per heavy atom. The van der Waals surface area contributed by atoms with Crippen LogP contribution < -0.4 is 11.3 Å². The number of aromatic nitrogens is 2. The number of ether oxygens (including phenoxy) is 1. The van der Waals surface area contributed by atoms with Crippen LogP contribution in [0.5, 0.6) is 0 Å². The Hall–Kier alpha value is -2.35. The van der Waals surface area contributed by atoms with Crippen molar-refractivity contribution in [3.63, 3.8) is 0 Å². The number of thioether (sulfide) groups is 1. The number of amides is 1. The van der Waals surface area contributed by atoms with Crippen LogP contribution in [-0.4, -0.2) is 33.3 Å². The third-order valence-electron chi connectivity index (χ3n) is 3.78. The first-order valence-electron chi connectivity index (χ1n) is 8.40. The maximum Gasteiger partial charge on any atom is 0.317 e. The lowest BCUT2D eigenvalue weighted by molar-refractivity contribution is -0.151. The minimum absolute atomic E-state index is 0.0654. The van der Waals surface area contributed by atoms with E-state index >= 15 is 0 Å². The van der Waals surface area contributed by atoms with Gasteiger partial charge in [-0.15, -0.1) is 0 Å². The van der Waals surface area contributed by atoms with Gasteiger partial charge in [0.2, 0.25) is 0 Å². The summed E-state index contributed by atoms with van der Waals surface area (Å²) in [5, 5.41) is 1.00. The first kappa shape index (κ1) is 20.0. The second-order valence-electron chi connectivity index (χ2n) is 6.37. The average molecular weight is 377 g/mol. The van der Waals surface area contributed by atoms with E-state index in [-0.39, 0.29) is 11.3 Å². The van der Waals surface area contributed by atoms with Gasteiger partial charge in [-0.3, -0.25) is 19.0 Å². The van der Waals surface area contributed by atoms with Gasteiger partial charge in [0, 0.05) is 6.54 Å². The van der Waals surface area contributed by atoms with Crippen LogP contribution in [0.1, 0.15) is 27.2 Å². The highest BCUT2D eigenvalue weighted by Crippen LogP contribution is 2.19. The lowest BCUT2D eigenvalue weighted by Gasteiger charge is -2.14. The quantitative estimate of drug-likeness (QED) is 0.428. The predicted molar refractivity (Wildman–Crippen MR) is 101 cm³/mol. The second kappa shape index (κ2) is 8.84. The molecule has 8 heteroatoms. The van der Waals surface area contributed by atoms with Crippen LogP contribution in [0.25, 0.3) is 10.9 Å². The topological polar surface area (TPSA) is 104 Å². The van der Waals surface area contributed by atoms with Crippen molar-refractivity contribution in [3.05, 3.63) is 34.6 Å². The number of benzene rings is 1. The number of carbonyl (C=O) groups excluding carboxylic acids is 2. The van der Waals surface area contributed by atoms with Crippen LogP contribution in [0.4, 0.5) is 0 Å². The summed E-state index contributed by atoms with van der Waals surface area (Å²) in [7, 11) is 0. The number of nitrogens with two attached hydrogens (primary N) is 1. The van der Waals surface area contributed by atoms with Crippen LogP contribution in [0.2, 0.25) is 0 Å². The standard InChI is InChI=1S/C18H23N3O4S/c1-11(2)8-9-21-17(24)13-6-4-5-7-14(13)20-18(21)26-10-15(22)25-12(3)16(19)23/h4-7,11-12H,8-10H2,1-3H3,(H2,19,23)/t12-/m0/s1. The molecule has 0 unspecified atom stereocenters. The Morgan fingerprint density at radius 3 is 2.62 bits per heavy atom. The van der Waals surface area contributed by atoms with Crippen LogP contribution in [-0.2, 0) is 20.9 Å². The number of primary amides is 1. The Balaban J connectivity index is 2.26. The van der Waals surface area contributed by atoms with Gasteiger partial charge in [0.1, 0.15) is 0 Å². The molecule has 0 fully saturated rings. The summed E-state index contributed by atoms with van der Waals surface area (Å²) in [5.41, 5.74) is 5.54. The van der Waals surface area contributed by atoms with Gasteiger partial charge in [-0.1, -0.05) is 37.7 Å². The molecule has 0 radical (unpaired) electrons. The van der Waals surface area contributed by atoms with Crippen molar-refractivity contribution < 1.29 is 14.3 Å². The molecule has 0 saturated carbocycles. The molecule has 0 aliphatic carbocycles. The van der Waals surface area contributed by atoms with Crippen LogP contribution in [0, 0.1) is 5.92 Å². The lowest BCUT2D eigenvalue weighted by atomic mass is 10.1. The van der Waals surface area contributed by atoms with Gasteiger partial charge in [0.25, 0.3) is 11.5 Å². The molecule has 0 saturated heterocycles. The van der Waals surface area contributed by atoms with Crippen LogP contribution in [0.3, 0.4) is 0 Å². The normalized spacial score (nSPS) is 12.3. The Kier molecular flexibility index (Phi) is 6.79. The highest BCUT2D eigenvalue weighted by molar-refractivity contribution is 7.99. The van der Waals surface area contributed by atoms with Gasteiger partial charge < -0.3 is 10.5 Å². The van der Waals surface area contributed by atoms with Gasteiger partial charge in [-0.2, -0.15) is 0 Å². The van der Waals surface area contributed by atoms with Crippen molar-refractivity contribution in [1.29, 1.82) is 0 Å². The van der Waals surface area contributed by atoms with Gasteiger partial charge >= 0.3 is 5.97 Å². The van der Waals surface area contributed by atoms with E-state index < -0.39 is 18.0 Å². The molecule has 0 spiro atoms. The number of hydrogen-bond donors (Lipinski definition) is 1. The predicted octanol–water partition coefficient (Wildman–Crippen LogP) is 1.95. The number of para-hydroxylation sites is 1. The van der Waals surface area contributed by atoms with E-state index in [0.29, 0.717) is 28.5 Å². The molecule has 0 aliphatic rings. The molecule has 2 N–H and O–H groups in total. The fourth-order valence-corrected chi connectivity index (χ4v) is 3.06. The van der Waals surface area contributed by atoms with Crippen molar-refractivity contribution in [2.75, 3.05) is 5.75 Å². The van der Waals surface area contributed by atoms with E-state index in [0.717, 1.165) is 18.2 Å². The first-order chi connectivity index (χ1) is 12.3. The number of fused-ring (bicyclic) bond motifs is 1. The fraction of sp³-hybridized carbons (Fsp3) is 0.444. The zero-order chi connectivity index (χ0) is 19.3. The fourth-order valence-electron chi connectivity index (χ4n) is 2.26. The number of hydrogen-bond acceptors (Lipinski definition) is 6. The van der Waals surface area contributed by atoms with Crippen molar-refractivity contribution in [1.82, 2.24) is 9.55 Å². The molecule has 26 heavy (non-hydrogen) atoms. The van der Waals surface area contributed by atoms with Crippen molar-refractivity contribution in [3.8, 4) is 0 Å². The monoisotopic (exact) mass is 377 g/mol. The molecular weight excluding hydrogens is 354 g/mol. The van der Waals surface area contributed by atoms with Crippen molar-refractivity contribution in [2.24, 2.45) is 11.7 Å². The second-order valence-corrected chi connectivity index (χ2v) is 7.32. The maximum atomic E-state index is 12.8. The summed E-state index contributed by atoms with van der Waals surface area (Å²) in [6.45, 7) is 6.09. The summed E-state index contributed by atoms with van der Waals surface area (Å²) in [6.07, 6.45) is -0.174. The smallest absolute Gasteiger partial charge is 0.317 e. The third-order valence-corrected chi connectivity index (χ3v) is 4.73. The van der Waals surface area contributed by atoms with E-state index in [1.807, 2.05) is 6.07 Å². The molecule has 0 bridgehead atoms. The van der Waals surface area contributed by atoms with Gasteiger partial charge in [-0.25, -0.2) is 4.98 Å². The summed E-state index contributed by atoms with van der Waals surface area (Å²) in [5.74, 6) is -0.933. The molecule has 1 atom stereocenters. The van der Waals surface area contributed by atoms with E-state index in [1.165, 1.54) is 6.92 Å². The minimum Gasteiger partial charge on any atom is -0.452 e. The molecule has 7 nitrogen and oxygen atoms in total. The molecule has 2 rings (SSSR count). The number of rotatable bonds is 8. The molecule has 2 aromatic rings. The largest absolute Gasteiger partial charge is 0.452 e. The summed E-state index contributed by atoms with van der Waals surface area (Å²) in [6, 6.07) is 7.12. The molecule has 1 amide bonds. The number of esters is 1. The maximum absolute atomic E-state index is 12.8. The third kappa shape index (κ3) is 5.08. The van der Waals surface area contributed by atoms with E-state index in [1.54, 1.807) is 22.8 Å². The van der Waals surface area contributed by atoms with Crippen LogP contribution in [0.15, 0.2) is 34.2 Å². The minimum atomic E-state index is -0.990. The average Bonchev–Trinajstić information content (AvgIpc) is 2.59. The lowest BCUT2D eigenvalue weighted by Crippen LogP contribution is -2.31. The van der Waals surface area contributed by atoms with Crippen LogP contribution >= 0.6 is 11.8 Å². The summed E-state index contributed by atoms with van der Waals surface area (Å²) < 4.78 is 6.53. The summed E-state index contributed by atoms with van der Waals surface area (Å²) >= 11 is 1.11. The van der Waals surface area contributed by atoms with Gasteiger partial charge in [0.15, 0.2) is 11.3 Å². The van der Waals surface area contributed by atoms with Gasteiger partial charge in [0.05, 0.1) is 16.7 Å².